The third-order valence-electron chi connectivity index (χ3n) is 3.42. The Labute approximate surface area is 95.8 Å². The Kier molecular flexibility index (Phi) is 4.05. The molecule has 0 radical (unpaired) electrons. The highest BCUT2D eigenvalue weighted by molar-refractivity contribution is 7.51. The summed E-state index contributed by atoms with van der Waals surface area (Å²) in [5.41, 5.74) is 0. The zero-order valence-electron chi connectivity index (χ0n) is 10.1. The standard InChI is InChI=1S/C11H22O2P2/c1-14(2)12-9-5-8-6-11(10(8)7-9)13-15(3)4/h8-11H,5-7H2,1-4H3/t8-,9?,10-,11+/m0/s1. The second-order valence-corrected chi connectivity index (χ2v) is 8.80. The van der Waals surface area contributed by atoms with Crippen LogP contribution in [0.5, 0.6) is 0 Å². The first kappa shape index (κ1) is 12.2. The van der Waals surface area contributed by atoms with Gasteiger partial charge < -0.3 is 9.05 Å². The Morgan fingerprint density at radius 1 is 0.867 bits per heavy atom. The molecule has 0 aliphatic heterocycles. The average molecular weight is 248 g/mol. The highest BCUT2D eigenvalue weighted by Gasteiger charge is 2.49. The van der Waals surface area contributed by atoms with Crippen molar-refractivity contribution >= 4 is 16.3 Å². The van der Waals surface area contributed by atoms with Gasteiger partial charge in [-0.15, -0.1) is 0 Å². The van der Waals surface area contributed by atoms with Crippen molar-refractivity contribution in [1.29, 1.82) is 0 Å². The van der Waals surface area contributed by atoms with Crippen LogP contribution in [0.3, 0.4) is 0 Å². The molecule has 2 aliphatic rings. The lowest BCUT2D eigenvalue weighted by molar-refractivity contribution is 0.0149. The van der Waals surface area contributed by atoms with Gasteiger partial charge in [0.25, 0.3) is 0 Å². The molecule has 0 aromatic heterocycles. The van der Waals surface area contributed by atoms with Gasteiger partial charge in [0.1, 0.15) is 0 Å². The van der Waals surface area contributed by atoms with Gasteiger partial charge in [-0.25, -0.2) is 0 Å². The van der Waals surface area contributed by atoms with Gasteiger partial charge in [0, 0.05) is 16.3 Å². The van der Waals surface area contributed by atoms with Gasteiger partial charge in [0.05, 0.1) is 12.2 Å². The maximum Gasteiger partial charge on any atom is 0.0652 e. The molecule has 0 aromatic rings. The summed E-state index contributed by atoms with van der Waals surface area (Å²) in [5, 5.41) is 0. The van der Waals surface area contributed by atoms with E-state index in [1.165, 1.54) is 19.3 Å². The molecule has 0 heterocycles. The summed E-state index contributed by atoms with van der Waals surface area (Å²) in [6.45, 7) is 8.79. The van der Waals surface area contributed by atoms with Crippen LogP contribution in [0.2, 0.25) is 0 Å². The first-order valence-electron chi connectivity index (χ1n) is 5.74. The molecule has 88 valence electrons. The first-order chi connectivity index (χ1) is 7.06. The van der Waals surface area contributed by atoms with Crippen molar-refractivity contribution in [2.24, 2.45) is 11.8 Å². The van der Waals surface area contributed by atoms with E-state index in [9.17, 15) is 0 Å². The molecule has 0 amide bonds. The lowest BCUT2D eigenvalue weighted by atomic mass is 9.74. The van der Waals surface area contributed by atoms with Crippen molar-refractivity contribution in [2.75, 3.05) is 26.7 Å². The molecule has 4 heteroatoms. The Hall–Kier alpha value is 0.780. The van der Waals surface area contributed by atoms with E-state index < -0.39 is 0 Å². The van der Waals surface area contributed by atoms with Crippen LogP contribution in [0.15, 0.2) is 0 Å². The molecule has 0 spiro atoms. The first-order valence-corrected chi connectivity index (χ1v) is 10.0. The summed E-state index contributed by atoms with van der Waals surface area (Å²) in [4.78, 5) is 0. The van der Waals surface area contributed by atoms with E-state index in [1.807, 2.05) is 0 Å². The van der Waals surface area contributed by atoms with Crippen LogP contribution >= 0.6 is 16.3 Å². The second-order valence-electron chi connectivity index (χ2n) is 5.13. The smallest absolute Gasteiger partial charge is 0.0652 e. The Morgan fingerprint density at radius 2 is 1.53 bits per heavy atom. The van der Waals surface area contributed by atoms with Gasteiger partial charge in [-0.2, -0.15) is 0 Å². The van der Waals surface area contributed by atoms with Crippen LogP contribution < -0.4 is 0 Å². The van der Waals surface area contributed by atoms with Crippen LogP contribution in [-0.2, 0) is 9.05 Å². The van der Waals surface area contributed by atoms with E-state index >= 15 is 0 Å². The monoisotopic (exact) mass is 248 g/mol. The van der Waals surface area contributed by atoms with Crippen molar-refractivity contribution < 1.29 is 9.05 Å². The van der Waals surface area contributed by atoms with Crippen LogP contribution in [-0.4, -0.2) is 38.9 Å². The zero-order chi connectivity index (χ0) is 11.0. The fourth-order valence-electron chi connectivity index (χ4n) is 2.88. The molecule has 2 rings (SSSR count). The number of hydrogen-bond donors (Lipinski definition) is 0. The average Bonchev–Trinajstić information content (AvgIpc) is 2.39. The number of fused-ring (bicyclic) bond motifs is 1. The fourth-order valence-corrected chi connectivity index (χ4v) is 4.44. The molecule has 2 nitrogen and oxygen atoms in total. The largest absolute Gasteiger partial charge is 0.357 e. The minimum atomic E-state index is -0.190. The van der Waals surface area contributed by atoms with E-state index in [1.54, 1.807) is 0 Å². The van der Waals surface area contributed by atoms with Crippen LogP contribution in [0.1, 0.15) is 19.3 Å². The second kappa shape index (κ2) is 4.96. The van der Waals surface area contributed by atoms with Gasteiger partial charge in [-0.3, -0.25) is 0 Å². The zero-order valence-corrected chi connectivity index (χ0v) is 11.9. The molecule has 1 unspecified atom stereocenters. The molecule has 0 saturated heterocycles. The minimum Gasteiger partial charge on any atom is -0.357 e. The summed E-state index contributed by atoms with van der Waals surface area (Å²) >= 11 is 0. The van der Waals surface area contributed by atoms with E-state index in [0.717, 1.165) is 11.8 Å². The highest BCUT2D eigenvalue weighted by Crippen LogP contribution is 2.53. The third kappa shape index (κ3) is 2.91. The van der Waals surface area contributed by atoms with E-state index in [-0.39, 0.29) is 16.3 Å². The van der Waals surface area contributed by atoms with Gasteiger partial charge >= 0.3 is 0 Å². The number of rotatable bonds is 4. The molecule has 0 N–H and O–H groups in total. The molecule has 2 saturated carbocycles. The van der Waals surface area contributed by atoms with E-state index in [2.05, 4.69) is 26.7 Å². The molecule has 15 heavy (non-hydrogen) atoms. The molecule has 2 fully saturated rings. The van der Waals surface area contributed by atoms with Crippen molar-refractivity contribution in [1.82, 2.24) is 0 Å². The molecule has 4 atom stereocenters. The lowest BCUT2D eigenvalue weighted by Gasteiger charge is -2.40. The molecule has 0 bridgehead atoms. The predicted molar refractivity (Wildman–Crippen MR) is 68.1 cm³/mol. The Morgan fingerprint density at radius 3 is 2.13 bits per heavy atom. The Balaban J connectivity index is 1.78. The normalized spacial score (nSPS) is 39.6. The van der Waals surface area contributed by atoms with Gasteiger partial charge in [0.2, 0.25) is 0 Å². The van der Waals surface area contributed by atoms with Gasteiger partial charge in [-0.05, 0) is 57.8 Å². The topological polar surface area (TPSA) is 18.5 Å². The van der Waals surface area contributed by atoms with Crippen molar-refractivity contribution in [3.8, 4) is 0 Å². The molecule has 2 aliphatic carbocycles. The lowest BCUT2D eigenvalue weighted by Crippen LogP contribution is -2.38. The van der Waals surface area contributed by atoms with E-state index in [4.69, 9.17) is 9.05 Å². The van der Waals surface area contributed by atoms with Crippen LogP contribution in [0.25, 0.3) is 0 Å². The summed E-state index contributed by atoms with van der Waals surface area (Å²) in [6.07, 6.45) is 4.92. The van der Waals surface area contributed by atoms with Crippen LogP contribution in [0.4, 0.5) is 0 Å². The maximum absolute atomic E-state index is 5.97. The summed E-state index contributed by atoms with van der Waals surface area (Å²) < 4.78 is 11.9. The minimum absolute atomic E-state index is 0.186. The van der Waals surface area contributed by atoms with Gasteiger partial charge in [0.15, 0.2) is 0 Å². The highest BCUT2D eigenvalue weighted by atomic mass is 31.1. The predicted octanol–water partition coefficient (Wildman–Crippen LogP) is 3.50. The number of hydrogen-bond acceptors (Lipinski definition) is 2. The maximum atomic E-state index is 5.97. The molecular weight excluding hydrogens is 226 g/mol. The third-order valence-corrected chi connectivity index (χ3v) is 4.84. The summed E-state index contributed by atoms with van der Waals surface area (Å²) in [5.74, 6) is 1.72. The van der Waals surface area contributed by atoms with Gasteiger partial charge in [-0.1, -0.05) is 0 Å². The molecule has 0 aromatic carbocycles. The molecular formula is C11H22O2P2. The van der Waals surface area contributed by atoms with Crippen molar-refractivity contribution in [2.45, 2.75) is 31.5 Å². The van der Waals surface area contributed by atoms with Crippen LogP contribution in [0, 0.1) is 11.8 Å². The Bertz CT molecular complexity index is 213. The van der Waals surface area contributed by atoms with E-state index in [0.29, 0.717) is 12.2 Å². The summed E-state index contributed by atoms with van der Waals surface area (Å²) in [7, 11) is -0.375. The summed E-state index contributed by atoms with van der Waals surface area (Å²) in [6, 6.07) is 0. The quantitative estimate of drug-likeness (QED) is 0.709. The SMILES string of the molecule is CP(C)OC1C[C@H]2C[C@@H](OP(C)C)[C@H]2C1. The van der Waals surface area contributed by atoms with Crippen molar-refractivity contribution in [3.63, 3.8) is 0 Å². The van der Waals surface area contributed by atoms with Crippen molar-refractivity contribution in [3.05, 3.63) is 0 Å². The fraction of sp³-hybridized carbons (Fsp3) is 1.00.